The molecule has 8 nitrogen and oxygen atoms in total. The Balaban J connectivity index is 1.34. The summed E-state index contributed by atoms with van der Waals surface area (Å²) in [5.74, 6) is -0.479. The summed E-state index contributed by atoms with van der Waals surface area (Å²) in [6, 6.07) is 8.57. The average molecular weight is 438 g/mol. The number of aryl methyl sites for hydroxylation is 1. The van der Waals surface area contributed by atoms with Crippen LogP contribution in [0.3, 0.4) is 0 Å². The summed E-state index contributed by atoms with van der Waals surface area (Å²) in [6.07, 6.45) is 6.02. The average Bonchev–Trinajstić information content (AvgIpc) is 3.45. The van der Waals surface area contributed by atoms with Crippen molar-refractivity contribution >= 4 is 50.8 Å². The van der Waals surface area contributed by atoms with Gasteiger partial charge < -0.3 is 10.6 Å². The molecule has 3 heterocycles. The molecule has 0 atom stereocenters. The van der Waals surface area contributed by atoms with Crippen LogP contribution in [0.2, 0.25) is 0 Å². The molecule has 1 aliphatic carbocycles. The van der Waals surface area contributed by atoms with Crippen molar-refractivity contribution in [2.24, 2.45) is 0 Å². The van der Waals surface area contributed by atoms with Gasteiger partial charge in [0, 0.05) is 11.1 Å². The summed E-state index contributed by atoms with van der Waals surface area (Å²) in [5.41, 5.74) is 2.03. The first-order chi connectivity index (χ1) is 15.0. The van der Waals surface area contributed by atoms with E-state index < -0.39 is 6.03 Å². The molecule has 2 aromatic heterocycles. The Hall–Kier alpha value is -3.20. The quantitative estimate of drug-likeness (QED) is 0.597. The Kier molecular flexibility index (Phi) is 4.97. The number of hydrogen-bond donors (Lipinski definition) is 2. The van der Waals surface area contributed by atoms with Crippen LogP contribution in [0.25, 0.3) is 10.2 Å². The first-order valence-electron chi connectivity index (χ1n) is 10.5. The van der Waals surface area contributed by atoms with Crippen LogP contribution in [0, 0.1) is 6.92 Å². The summed E-state index contributed by atoms with van der Waals surface area (Å²) in [6.45, 7) is 1.99. The molecule has 2 aliphatic rings. The predicted octanol–water partition coefficient (Wildman–Crippen LogP) is 4.22. The number of carbonyl (C=O) groups is 3. The van der Waals surface area contributed by atoms with Crippen LogP contribution in [0.1, 0.15) is 53.5 Å². The predicted molar refractivity (Wildman–Crippen MR) is 120 cm³/mol. The molecule has 9 heteroatoms. The van der Waals surface area contributed by atoms with Gasteiger partial charge in [0.2, 0.25) is 0 Å². The lowest BCUT2D eigenvalue weighted by Crippen LogP contribution is -2.30. The molecule has 1 aromatic carbocycles. The monoisotopic (exact) mass is 437 g/mol. The Bertz CT molecular complexity index is 1160. The highest BCUT2D eigenvalue weighted by Gasteiger charge is 2.30. The van der Waals surface area contributed by atoms with E-state index in [-0.39, 0.29) is 18.4 Å². The number of thiophene rings is 1. The molecule has 4 amide bonds. The van der Waals surface area contributed by atoms with Crippen molar-refractivity contribution in [3.05, 3.63) is 40.9 Å². The zero-order valence-electron chi connectivity index (χ0n) is 17.2. The Labute approximate surface area is 183 Å². The number of carbonyl (C=O) groups excluding carboxylic acids is 3. The lowest BCUT2D eigenvalue weighted by atomic mass is 9.96. The molecule has 0 bridgehead atoms. The molecular formula is C22H23N5O3S. The van der Waals surface area contributed by atoms with Crippen molar-refractivity contribution < 1.29 is 14.4 Å². The topological polar surface area (TPSA) is 96.3 Å². The molecular weight excluding hydrogens is 414 g/mol. The second kappa shape index (κ2) is 7.81. The van der Waals surface area contributed by atoms with E-state index in [9.17, 15) is 14.4 Å². The highest BCUT2D eigenvalue weighted by molar-refractivity contribution is 7.20. The molecule has 5 rings (SSSR count). The number of aromatic nitrogens is 2. The van der Waals surface area contributed by atoms with E-state index in [1.165, 1.54) is 30.6 Å². The molecule has 1 saturated carbocycles. The fourth-order valence-corrected chi connectivity index (χ4v) is 5.46. The maximum Gasteiger partial charge on any atom is 0.329 e. The first kappa shape index (κ1) is 19.7. The van der Waals surface area contributed by atoms with Gasteiger partial charge in [-0.3, -0.25) is 14.3 Å². The van der Waals surface area contributed by atoms with Crippen molar-refractivity contribution in [1.29, 1.82) is 0 Å². The van der Waals surface area contributed by atoms with Gasteiger partial charge in [-0.15, -0.1) is 11.3 Å². The highest BCUT2D eigenvalue weighted by Crippen LogP contribution is 2.35. The molecule has 3 aromatic rings. The Morgan fingerprint density at radius 2 is 1.90 bits per heavy atom. The summed E-state index contributed by atoms with van der Waals surface area (Å²) < 4.78 is 2.12. The van der Waals surface area contributed by atoms with Crippen LogP contribution in [0.15, 0.2) is 30.3 Å². The standard InChI is InChI=1S/C22H23N5O3S/c1-13-17-11-18(31-21(17)27(25-13)16-5-3-2-4-6-16)20(29)24-14-7-9-15(10-8-14)26-19(28)12-23-22(26)30/h7-11,16H,2-6,12H2,1H3,(H,23,30)(H,24,29). The van der Waals surface area contributed by atoms with Crippen LogP contribution in [-0.4, -0.2) is 34.2 Å². The smallest absolute Gasteiger partial charge is 0.328 e. The Morgan fingerprint density at radius 1 is 1.16 bits per heavy atom. The van der Waals surface area contributed by atoms with Crippen molar-refractivity contribution in [2.75, 3.05) is 16.8 Å². The maximum atomic E-state index is 12.9. The van der Waals surface area contributed by atoms with Gasteiger partial charge >= 0.3 is 6.03 Å². The molecule has 1 saturated heterocycles. The van der Waals surface area contributed by atoms with Crippen LogP contribution in [-0.2, 0) is 4.79 Å². The normalized spacial score (nSPS) is 17.4. The van der Waals surface area contributed by atoms with Crippen LogP contribution in [0.4, 0.5) is 16.2 Å². The van der Waals surface area contributed by atoms with E-state index >= 15 is 0 Å². The van der Waals surface area contributed by atoms with E-state index in [4.69, 9.17) is 5.10 Å². The summed E-state index contributed by atoms with van der Waals surface area (Å²) in [4.78, 5) is 39.3. The Morgan fingerprint density at radius 3 is 2.58 bits per heavy atom. The van der Waals surface area contributed by atoms with Crippen molar-refractivity contribution in [3.63, 3.8) is 0 Å². The summed E-state index contributed by atoms with van der Waals surface area (Å²) >= 11 is 1.47. The van der Waals surface area contributed by atoms with Crippen LogP contribution < -0.4 is 15.5 Å². The molecule has 0 spiro atoms. The number of urea groups is 1. The number of nitrogens with zero attached hydrogens (tertiary/aromatic N) is 3. The minimum absolute atomic E-state index is 0.000953. The largest absolute Gasteiger partial charge is 0.329 e. The van der Waals surface area contributed by atoms with E-state index in [0.717, 1.165) is 33.7 Å². The fraction of sp³-hybridized carbons (Fsp3) is 0.364. The van der Waals surface area contributed by atoms with Gasteiger partial charge in [-0.25, -0.2) is 9.69 Å². The number of fused-ring (bicyclic) bond motifs is 1. The van der Waals surface area contributed by atoms with Gasteiger partial charge in [0.15, 0.2) is 0 Å². The third-order valence-corrected chi connectivity index (χ3v) is 7.06. The van der Waals surface area contributed by atoms with Crippen LogP contribution in [0.5, 0.6) is 0 Å². The van der Waals surface area contributed by atoms with Crippen molar-refractivity contribution in [3.8, 4) is 0 Å². The molecule has 1 aliphatic heterocycles. The third kappa shape index (κ3) is 3.59. The molecule has 2 fully saturated rings. The second-order valence-electron chi connectivity index (χ2n) is 8.04. The van der Waals surface area contributed by atoms with Gasteiger partial charge in [-0.1, -0.05) is 19.3 Å². The SMILES string of the molecule is Cc1nn(C2CCCCC2)c2sc(C(=O)Nc3ccc(N4C(=O)CNC4=O)cc3)cc12. The number of benzene rings is 1. The van der Waals surface area contributed by atoms with E-state index in [1.54, 1.807) is 24.3 Å². The first-order valence-corrected chi connectivity index (χ1v) is 11.3. The van der Waals surface area contributed by atoms with Gasteiger partial charge in [0.25, 0.3) is 11.8 Å². The lowest BCUT2D eigenvalue weighted by molar-refractivity contribution is -0.115. The van der Waals surface area contributed by atoms with Gasteiger partial charge in [-0.05, 0) is 50.1 Å². The van der Waals surface area contributed by atoms with E-state index in [0.29, 0.717) is 22.3 Å². The number of anilines is 2. The lowest BCUT2D eigenvalue weighted by Gasteiger charge is -2.22. The van der Waals surface area contributed by atoms with Crippen molar-refractivity contribution in [2.45, 2.75) is 45.1 Å². The molecule has 0 unspecified atom stereocenters. The second-order valence-corrected chi connectivity index (χ2v) is 9.07. The number of hydrogen-bond acceptors (Lipinski definition) is 5. The number of amides is 4. The molecule has 0 radical (unpaired) electrons. The number of rotatable bonds is 4. The minimum Gasteiger partial charge on any atom is -0.328 e. The molecule has 160 valence electrons. The zero-order chi connectivity index (χ0) is 21.5. The number of nitrogens with one attached hydrogen (secondary N) is 2. The minimum atomic E-state index is -0.436. The molecule has 31 heavy (non-hydrogen) atoms. The van der Waals surface area contributed by atoms with Gasteiger partial charge in [-0.2, -0.15) is 5.10 Å². The zero-order valence-corrected chi connectivity index (χ0v) is 18.0. The summed E-state index contributed by atoms with van der Waals surface area (Å²) in [7, 11) is 0. The van der Waals surface area contributed by atoms with Gasteiger partial charge in [0.1, 0.15) is 4.83 Å². The third-order valence-electron chi connectivity index (χ3n) is 5.94. The van der Waals surface area contributed by atoms with Crippen LogP contribution >= 0.6 is 11.3 Å². The van der Waals surface area contributed by atoms with Gasteiger partial charge in [0.05, 0.1) is 28.8 Å². The highest BCUT2D eigenvalue weighted by atomic mass is 32.1. The van der Waals surface area contributed by atoms with E-state index in [1.807, 2.05) is 13.0 Å². The number of imide groups is 1. The molecule has 2 N–H and O–H groups in total. The maximum absolute atomic E-state index is 12.9. The van der Waals surface area contributed by atoms with E-state index in [2.05, 4.69) is 15.3 Å². The van der Waals surface area contributed by atoms with Crippen molar-refractivity contribution in [1.82, 2.24) is 15.1 Å². The summed E-state index contributed by atoms with van der Waals surface area (Å²) in [5, 5.41) is 11.2. The fourth-order valence-electron chi connectivity index (χ4n) is 4.33.